The standard InChI is InChI=1S/C11H8BrNO3/c1-6-2-3-7(12)4-8(6)10-9(11(14)15)5-13-16-10/h2-5H,1H3,(H,14,15). The first kappa shape index (κ1) is 10.9. The number of halogens is 1. The molecular weight excluding hydrogens is 274 g/mol. The molecule has 1 N–H and O–H groups in total. The maximum Gasteiger partial charge on any atom is 0.341 e. The molecular formula is C11H8BrNO3. The van der Waals surface area contributed by atoms with Gasteiger partial charge in [-0.1, -0.05) is 27.2 Å². The van der Waals surface area contributed by atoms with Crippen LogP contribution >= 0.6 is 15.9 Å². The Morgan fingerprint density at radius 1 is 1.50 bits per heavy atom. The van der Waals surface area contributed by atoms with E-state index in [1.165, 1.54) is 6.20 Å². The van der Waals surface area contributed by atoms with Crippen LogP contribution in [-0.2, 0) is 0 Å². The van der Waals surface area contributed by atoms with Gasteiger partial charge in [0, 0.05) is 10.0 Å². The zero-order valence-corrected chi connectivity index (χ0v) is 9.98. The summed E-state index contributed by atoms with van der Waals surface area (Å²) in [4.78, 5) is 10.9. The number of hydrogen-bond donors (Lipinski definition) is 1. The Morgan fingerprint density at radius 2 is 2.25 bits per heavy atom. The van der Waals surface area contributed by atoms with E-state index < -0.39 is 5.97 Å². The molecule has 0 unspecified atom stereocenters. The highest BCUT2D eigenvalue weighted by Gasteiger charge is 2.18. The van der Waals surface area contributed by atoms with E-state index in [4.69, 9.17) is 9.63 Å². The Bertz CT molecular complexity index is 548. The molecule has 1 aromatic carbocycles. The average Bonchev–Trinajstić information content (AvgIpc) is 2.70. The lowest BCUT2D eigenvalue weighted by atomic mass is 10.0. The summed E-state index contributed by atoms with van der Waals surface area (Å²) in [5.74, 6) is -0.762. The molecule has 0 spiro atoms. The molecule has 1 aromatic heterocycles. The quantitative estimate of drug-likeness (QED) is 0.919. The molecule has 0 aliphatic rings. The Balaban J connectivity index is 2.62. The number of benzene rings is 1. The number of carboxylic acids is 1. The topological polar surface area (TPSA) is 63.3 Å². The molecule has 2 rings (SSSR count). The van der Waals surface area contributed by atoms with Crippen LogP contribution in [0.5, 0.6) is 0 Å². The first-order valence-electron chi connectivity index (χ1n) is 4.54. The molecule has 1 heterocycles. The summed E-state index contributed by atoms with van der Waals surface area (Å²) in [5, 5.41) is 12.5. The van der Waals surface area contributed by atoms with E-state index in [1.54, 1.807) is 0 Å². The van der Waals surface area contributed by atoms with E-state index >= 15 is 0 Å². The van der Waals surface area contributed by atoms with Gasteiger partial charge in [-0.25, -0.2) is 4.79 Å². The Labute approximate surface area is 100 Å². The number of hydrogen-bond acceptors (Lipinski definition) is 3. The summed E-state index contributed by atoms with van der Waals surface area (Å²) >= 11 is 3.33. The van der Waals surface area contributed by atoms with E-state index in [0.29, 0.717) is 0 Å². The fraction of sp³-hybridized carbons (Fsp3) is 0.0909. The van der Waals surface area contributed by atoms with Crippen LogP contribution in [0.3, 0.4) is 0 Å². The molecule has 0 atom stereocenters. The lowest BCUT2D eigenvalue weighted by Gasteiger charge is -2.03. The first-order chi connectivity index (χ1) is 7.59. The molecule has 5 heteroatoms. The number of rotatable bonds is 2. The van der Waals surface area contributed by atoms with Crippen molar-refractivity contribution in [2.45, 2.75) is 6.92 Å². The van der Waals surface area contributed by atoms with Crippen LogP contribution in [0.25, 0.3) is 11.3 Å². The normalized spacial score (nSPS) is 10.4. The minimum Gasteiger partial charge on any atom is -0.477 e. The zero-order valence-electron chi connectivity index (χ0n) is 8.40. The predicted octanol–water partition coefficient (Wildman–Crippen LogP) is 3.11. The smallest absolute Gasteiger partial charge is 0.341 e. The number of carbonyl (C=O) groups is 1. The molecule has 0 aliphatic carbocycles. The second-order valence-corrected chi connectivity index (χ2v) is 4.25. The van der Waals surface area contributed by atoms with Crippen LogP contribution in [0.15, 0.2) is 33.4 Å². The van der Waals surface area contributed by atoms with E-state index in [9.17, 15) is 4.79 Å². The highest BCUT2D eigenvalue weighted by atomic mass is 79.9. The second kappa shape index (κ2) is 4.09. The van der Waals surface area contributed by atoms with E-state index in [0.717, 1.165) is 15.6 Å². The van der Waals surface area contributed by atoms with Crippen molar-refractivity contribution in [3.8, 4) is 11.3 Å². The van der Waals surface area contributed by atoms with Crippen LogP contribution in [0.1, 0.15) is 15.9 Å². The van der Waals surface area contributed by atoms with Gasteiger partial charge in [-0.2, -0.15) is 0 Å². The van der Waals surface area contributed by atoms with E-state index in [-0.39, 0.29) is 11.3 Å². The average molecular weight is 282 g/mol. The van der Waals surface area contributed by atoms with Crippen LogP contribution in [0.4, 0.5) is 0 Å². The summed E-state index contributed by atoms with van der Waals surface area (Å²) in [6, 6.07) is 5.57. The third-order valence-corrected chi connectivity index (χ3v) is 2.74. The molecule has 82 valence electrons. The van der Waals surface area contributed by atoms with Gasteiger partial charge in [-0.3, -0.25) is 0 Å². The molecule has 4 nitrogen and oxygen atoms in total. The lowest BCUT2D eigenvalue weighted by Crippen LogP contribution is -1.96. The van der Waals surface area contributed by atoms with Gasteiger partial charge in [0.2, 0.25) is 0 Å². The summed E-state index contributed by atoms with van der Waals surface area (Å²) in [7, 11) is 0. The fourth-order valence-corrected chi connectivity index (χ4v) is 1.79. The van der Waals surface area contributed by atoms with E-state index in [2.05, 4.69) is 21.1 Å². The fourth-order valence-electron chi connectivity index (χ4n) is 1.43. The van der Waals surface area contributed by atoms with Crippen molar-refractivity contribution < 1.29 is 14.4 Å². The summed E-state index contributed by atoms with van der Waals surface area (Å²) in [6.45, 7) is 1.88. The van der Waals surface area contributed by atoms with Gasteiger partial charge >= 0.3 is 5.97 Å². The lowest BCUT2D eigenvalue weighted by molar-refractivity contribution is 0.0697. The molecule has 0 fully saturated rings. The Hall–Kier alpha value is -1.62. The third kappa shape index (κ3) is 1.86. The Kier molecular flexibility index (Phi) is 2.78. The zero-order chi connectivity index (χ0) is 11.7. The van der Waals surface area contributed by atoms with Gasteiger partial charge in [-0.15, -0.1) is 0 Å². The molecule has 0 amide bonds. The summed E-state index contributed by atoms with van der Waals surface area (Å²) in [6.07, 6.45) is 1.21. The van der Waals surface area contributed by atoms with Crippen molar-refractivity contribution in [3.63, 3.8) is 0 Å². The molecule has 16 heavy (non-hydrogen) atoms. The summed E-state index contributed by atoms with van der Waals surface area (Å²) in [5.41, 5.74) is 1.73. The third-order valence-electron chi connectivity index (χ3n) is 2.25. The number of aromatic nitrogens is 1. The van der Waals surface area contributed by atoms with Crippen molar-refractivity contribution in [3.05, 3.63) is 40.0 Å². The molecule has 0 bridgehead atoms. The van der Waals surface area contributed by atoms with Crippen molar-refractivity contribution in [1.82, 2.24) is 5.16 Å². The highest BCUT2D eigenvalue weighted by Crippen LogP contribution is 2.29. The SMILES string of the molecule is Cc1ccc(Br)cc1-c1oncc1C(=O)O. The predicted molar refractivity (Wildman–Crippen MR) is 61.3 cm³/mol. The monoisotopic (exact) mass is 281 g/mol. The van der Waals surface area contributed by atoms with Crippen molar-refractivity contribution in [2.75, 3.05) is 0 Å². The largest absolute Gasteiger partial charge is 0.477 e. The maximum atomic E-state index is 10.9. The van der Waals surface area contributed by atoms with Crippen molar-refractivity contribution in [2.24, 2.45) is 0 Å². The van der Waals surface area contributed by atoms with Gasteiger partial charge in [0.05, 0.1) is 6.20 Å². The minimum atomic E-state index is -1.05. The minimum absolute atomic E-state index is 0.0706. The van der Waals surface area contributed by atoms with Crippen LogP contribution in [0.2, 0.25) is 0 Å². The van der Waals surface area contributed by atoms with Gasteiger partial charge in [0.25, 0.3) is 0 Å². The number of aryl methyl sites for hydroxylation is 1. The van der Waals surface area contributed by atoms with Crippen LogP contribution in [0, 0.1) is 6.92 Å². The van der Waals surface area contributed by atoms with Crippen molar-refractivity contribution >= 4 is 21.9 Å². The molecule has 0 aliphatic heterocycles. The second-order valence-electron chi connectivity index (χ2n) is 3.33. The van der Waals surface area contributed by atoms with E-state index in [1.807, 2.05) is 25.1 Å². The van der Waals surface area contributed by atoms with Gasteiger partial charge in [0.15, 0.2) is 5.76 Å². The van der Waals surface area contributed by atoms with Crippen molar-refractivity contribution in [1.29, 1.82) is 0 Å². The highest BCUT2D eigenvalue weighted by molar-refractivity contribution is 9.10. The van der Waals surface area contributed by atoms with Crippen LogP contribution in [-0.4, -0.2) is 16.2 Å². The molecule has 0 saturated heterocycles. The maximum absolute atomic E-state index is 10.9. The summed E-state index contributed by atoms with van der Waals surface area (Å²) < 4.78 is 5.86. The van der Waals surface area contributed by atoms with Gasteiger partial charge < -0.3 is 9.63 Å². The number of carboxylic acid groups (broad SMARTS) is 1. The van der Waals surface area contributed by atoms with Crippen LogP contribution < -0.4 is 0 Å². The Morgan fingerprint density at radius 3 is 2.94 bits per heavy atom. The molecule has 0 radical (unpaired) electrons. The number of nitrogens with zero attached hydrogens (tertiary/aromatic N) is 1. The van der Waals surface area contributed by atoms with Gasteiger partial charge in [0.1, 0.15) is 5.56 Å². The van der Waals surface area contributed by atoms with Gasteiger partial charge in [-0.05, 0) is 24.6 Å². The first-order valence-corrected chi connectivity index (χ1v) is 5.33. The number of aromatic carboxylic acids is 1. The molecule has 2 aromatic rings. The molecule has 0 saturated carbocycles.